The number of aryl methyl sites for hydroxylation is 2. The van der Waals surface area contributed by atoms with Gasteiger partial charge in [0.25, 0.3) is 0 Å². The van der Waals surface area contributed by atoms with E-state index in [-0.39, 0.29) is 0 Å². The predicted molar refractivity (Wildman–Crippen MR) is 64.1 cm³/mol. The van der Waals surface area contributed by atoms with E-state index < -0.39 is 0 Å². The topological polar surface area (TPSA) is 40.7 Å². The maximum absolute atomic E-state index is 4.25. The molecule has 1 aromatic rings. The van der Waals surface area contributed by atoms with Gasteiger partial charge in [0.2, 0.25) is 0 Å². The van der Waals surface area contributed by atoms with E-state index in [1.807, 2.05) is 0 Å². The standard InChI is InChI=1S/C13H21N3/c1-8-12(9(2)16-15-8)7-14-13(10-3-4-10)11-5-6-11/h10-11,13-14H,3-7H2,1-2H3,(H,15,16). The van der Waals surface area contributed by atoms with Gasteiger partial charge in [0.05, 0.1) is 5.69 Å². The van der Waals surface area contributed by atoms with Crippen molar-refractivity contribution in [3.05, 3.63) is 17.0 Å². The zero-order valence-corrected chi connectivity index (χ0v) is 10.2. The van der Waals surface area contributed by atoms with Gasteiger partial charge >= 0.3 is 0 Å². The van der Waals surface area contributed by atoms with Crippen molar-refractivity contribution in [3.63, 3.8) is 0 Å². The first-order valence-electron chi connectivity index (χ1n) is 6.49. The van der Waals surface area contributed by atoms with Crippen molar-refractivity contribution < 1.29 is 0 Å². The third kappa shape index (κ3) is 2.01. The van der Waals surface area contributed by atoms with E-state index in [0.29, 0.717) is 0 Å². The van der Waals surface area contributed by atoms with Gasteiger partial charge < -0.3 is 5.32 Å². The lowest BCUT2D eigenvalue weighted by molar-refractivity contribution is 0.415. The summed E-state index contributed by atoms with van der Waals surface area (Å²) in [5.74, 6) is 1.94. The maximum Gasteiger partial charge on any atom is 0.0638 e. The second kappa shape index (κ2) is 3.88. The Kier molecular flexibility index (Phi) is 2.51. The molecular weight excluding hydrogens is 198 g/mol. The van der Waals surface area contributed by atoms with E-state index in [9.17, 15) is 0 Å². The van der Waals surface area contributed by atoms with E-state index in [4.69, 9.17) is 0 Å². The summed E-state index contributed by atoms with van der Waals surface area (Å²) in [5, 5.41) is 11.1. The van der Waals surface area contributed by atoms with Crippen LogP contribution in [0.3, 0.4) is 0 Å². The highest BCUT2D eigenvalue weighted by Gasteiger charge is 2.41. The molecule has 3 nitrogen and oxygen atoms in total. The second-order valence-electron chi connectivity index (χ2n) is 5.49. The quantitative estimate of drug-likeness (QED) is 0.798. The highest BCUT2D eigenvalue weighted by atomic mass is 15.1. The number of hydrogen-bond acceptors (Lipinski definition) is 2. The van der Waals surface area contributed by atoms with Gasteiger partial charge in [-0.25, -0.2) is 0 Å². The summed E-state index contributed by atoms with van der Waals surface area (Å²) in [6.07, 6.45) is 5.77. The van der Waals surface area contributed by atoms with E-state index in [0.717, 1.165) is 30.1 Å². The molecule has 2 fully saturated rings. The molecule has 0 spiro atoms. The first-order valence-corrected chi connectivity index (χ1v) is 6.49. The fourth-order valence-electron chi connectivity index (χ4n) is 2.68. The van der Waals surface area contributed by atoms with Crippen LogP contribution in [0.2, 0.25) is 0 Å². The van der Waals surface area contributed by atoms with E-state index >= 15 is 0 Å². The third-order valence-electron chi connectivity index (χ3n) is 4.06. The molecule has 3 rings (SSSR count). The molecule has 0 amide bonds. The van der Waals surface area contributed by atoms with Gasteiger partial charge in [-0.3, -0.25) is 5.10 Å². The first kappa shape index (κ1) is 10.3. The Bertz CT molecular complexity index is 343. The normalized spacial score (nSPS) is 20.7. The van der Waals surface area contributed by atoms with Gasteiger partial charge in [-0.2, -0.15) is 5.10 Å². The molecule has 88 valence electrons. The third-order valence-corrected chi connectivity index (χ3v) is 4.06. The molecular formula is C13H21N3. The molecule has 0 saturated heterocycles. The summed E-state index contributed by atoms with van der Waals surface area (Å²) in [6.45, 7) is 5.19. The lowest BCUT2D eigenvalue weighted by atomic mass is 10.1. The van der Waals surface area contributed by atoms with Gasteiger partial charge in [0.1, 0.15) is 0 Å². The molecule has 0 aliphatic heterocycles. The molecule has 0 bridgehead atoms. The zero-order chi connectivity index (χ0) is 11.1. The molecule has 3 heteroatoms. The number of aromatic nitrogens is 2. The highest BCUT2D eigenvalue weighted by Crippen LogP contribution is 2.44. The van der Waals surface area contributed by atoms with Crippen LogP contribution in [-0.4, -0.2) is 16.2 Å². The Hall–Kier alpha value is -0.830. The molecule has 1 heterocycles. The van der Waals surface area contributed by atoms with Gasteiger partial charge in [-0.1, -0.05) is 0 Å². The zero-order valence-electron chi connectivity index (χ0n) is 10.2. The SMILES string of the molecule is Cc1n[nH]c(C)c1CNC(C1CC1)C1CC1. The average Bonchev–Trinajstić information content (AvgIpc) is 3.14. The average molecular weight is 219 g/mol. The van der Waals surface area contributed by atoms with Crippen LogP contribution in [0.25, 0.3) is 0 Å². The van der Waals surface area contributed by atoms with Crippen molar-refractivity contribution in [2.75, 3.05) is 0 Å². The Morgan fingerprint density at radius 2 is 1.88 bits per heavy atom. The van der Waals surface area contributed by atoms with Crippen LogP contribution in [0.4, 0.5) is 0 Å². The van der Waals surface area contributed by atoms with Crippen LogP contribution >= 0.6 is 0 Å². The Morgan fingerprint density at radius 3 is 2.31 bits per heavy atom. The number of H-pyrrole nitrogens is 1. The van der Waals surface area contributed by atoms with Gasteiger partial charge in [-0.15, -0.1) is 0 Å². The second-order valence-corrected chi connectivity index (χ2v) is 5.49. The molecule has 0 radical (unpaired) electrons. The smallest absolute Gasteiger partial charge is 0.0638 e. The molecule has 16 heavy (non-hydrogen) atoms. The van der Waals surface area contributed by atoms with E-state index in [1.165, 1.54) is 36.9 Å². The minimum Gasteiger partial charge on any atom is -0.309 e. The fourth-order valence-corrected chi connectivity index (χ4v) is 2.68. The fraction of sp³-hybridized carbons (Fsp3) is 0.769. The van der Waals surface area contributed by atoms with Crippen molar-refractivity contribution >= 4 is 0 Å². The molecule has 2 aliphatic rings. The van der Waals surface area contributed by atoms with Crippen molar-refractivity contribution in [1.29, 1.82) is 0 Å². The Labute approximate surface area is 97.0 Å². The largest absolute Gasteiger partial charge is 0.309 e. The van der Waals surface area contributed by atoms with Crippen LogP contribution in [0.5, 0.6) is 0 Å². The monoisotopic (exact) mass is 219 g/mol. The first-order chi connectivity index (χ1) is 7.75. The van der Waals surface area contributed by atoms with Gasteiger partial charge in [0.15, 0.2) is 0 Å². The highest BCUT2D eigenvalue weighted by molar-refractivity contribution is 5.23. The maximum atomic E-state index is 4.25. The summed E-state index contributed by atoms with van der Waals surface area (Å²) in [6, 6.07) is 0.786. The van der Waals surface area contributed by atoms with Gasteiger partial charge in [-0.05, 0) is 51.4 Å². The lowest BCUT2D eigenvalue weighted by Gasteiger charge is -2.17. The van der Waals surface area contributed by atoms with Crippen molar-refractivity contribution in [3.8, 4) is 0 Å². The molecule has 2 N–H and O–H groups in total. The van der Waals surface area contributed by atoms with E-state index in [2.05, 4.69) is 29.4 Å². The number of rotatable bonds is 5. The molecule has 0 aromatic carbocycles. The molecule has 2 saturated carbocycles. The summed E-state index contributed by atoms with van der Waals surface area (Å²) in [4.78, 5) is 0. The minimum absolute atomic E-state index is 0.786. The van der Waals surface area contributed by atoms with Crippen LogP contribution in [0.1, 0.15) is 42.6 Å². The Morgan fingerprint density at radius 1 is 1.25 bits per heavy atom. The van der Waals surface area contributed by atoms with Crippen molar-refractivity contribution in [1.82, 2.24) is 15.5 Å². The number of aromatic amines is 1. The van der Waals surface area contributed by atoms with Crippen LogP contribution in [-0.2, 0) is 6.54 Å². The van der Waals surface area contributed by atoms with Crippen LogP contribution in [0, 0.1) is 25.7 Å². The summed E-state index contributed by atoms with van der Waals surface area (Å²) in [7, 11) is 0. The molecule has 0 unspecified atom stereocenters. The van der Waals surface area contributed by atoms with Crippen LogP contribution in [0.15, 0.2) is 0 Å². The molecule has 0 atom stereocenters. The number of hydrogen-bond donors (Lipinski definition) is 2. The number of nitrogens with zero attached hydrogens (tertiary/aromatic N) is 1. The summed E-state index contributed by atoms with van der Waals surface area (Å²) < 4.78 is 0. The molecule has 2 aliphatic carbocycles. The molecule has 1 aromatic heterocycles. The van der Waals surface area contributed by atoms with Crippen molar-refractivity contribution in [2.24, 2.45) is 11.8 Å². The Balaban J connectivity index is 1.62. The lowest BCUT2D eigenvalue weighted by Crippen LogP contribution is -2.32. The van der Waals surface area contributed by atoms with Crippen molar-refractivity contribution in [2.45, 2.75) is 52.1 Å². The van der Waals surface area contributed by atoms with Gasteiger partial charge in [0, 0.05) is 23.8 Å². The van der Waals surface area contributed by atoms with E-state index in [1.54, 1.807) is 0 Å². The predicted octanol–water partition coefficient (Wildman–Crippen LogP) is 2.30. The summed E-state index contributed by atoms with van der Waals surface area (Å²) >= 11 is 0. The summed E-state index contributed by atoms with van der Waals surface area (Å²) in [5.41, 5.74) is 3.73. The minimum atomic E-state index is 0.786. The van der Waals surface area contributed by atoms with Crippen LogP contribution < -0.4 is 5.32 Å². The number of nitrogens with one attached hydrogen (secondary N) is 2.